The number of carbonyl (C=O) groups excluding carboxylic acids is 2. The normalized spacial score (nSPS) is 14.8. The van der Waals surface area contributed by atoms with Crippen molar-refractivity contribution in [3.05, 3.63) is 76.0 Å². The van der Waals surface area contributed by atoms with Crippen LogP contribution in [0.2, 0.25) is 10.0 Å². The van der Waals surface area contributed by atoms with Gasteiger partial charge in [-0.2, -0.15) is 5.10 Å². The van der Waals surface area contributed by atoms with E-state index in [1.165, 1.54) is 0 Å². The lowest BCUT2D eigenvalue weighted by molar-refractivity contribution is -0.117. The molecule has 1 unspecified atom stereocenters. The highest BCUT2D eigenvalue weighted by Crippen LogP contribution is 2.26. The Bertz CT molecular complexity index is 1110. The zero-order valence-corrected chi connectivity index (χ0v) is 17.8. The fourth-order valence-corrected chi connectivity index (χ4v) is 3.75. The molecular weight excluding hydrogens is 423 g/mol. The molecule has 1 saturated heterocycles. The fraction of sp³-hybridized carbons (Fsp3) is 0.227. The van der Waals surface area contributed by atoms with E-state index >= 15 is 0 Å². The number of benzene rings is 2. The third-order valence-electron chi connectivity index (χ3n) is 5.09. The van der Waals surface area contributed by atoms with Crippen molar-refractivity contribution >= 4 is 40.7 Å². The maximum Gasteiger partial charge on any atom is 0.272 e. The maximum absolute atomic E-state index is 12.7. The molecule has 2 heterocycles. The van der Waals surface area contributed by atoms with Gasteiger partial charge in [0, 0.05) is 24.8 Å². The standard InChI is InChI=1S/C22H20Cl2N4O2/c1-14(15-4-2-5-16(12-15)27-10-3-6-21(27)29)25-22(30)20-9-11-28(26-20)17-7-8-18(23)19(24)13-17/h2,4-5,7-9,11-14H,3,6,10H2,1H3,(H,25,30). The molecule has 0 bridgehead atoms. The van der Waals surface area contributed by atoms with E-state index in [1.807, 2.05) is 31.2 Å². The van der Waals surface area contributed by atoms with Crippen molar-refractivity contribution in [3.8, 4) is 5.69 Å². The van der Waals surface area contributed by atoms with Crippen LogP contribution in [0.25, 0.3) is 5.69 Å². The summed E-state index contributed by atoms with van der Waals surface area (Å²) in [5.41, 5.74) is 2.78. The van der Waals surface area contributed by atoms with Gasteiger partial charge in [0.1, 0.15) is 0 Å². The van der Waals surface area contributed by atoms with Gasteiger partial charge >= 0.3 is 0 Å². The number of nitrogens with one attached hydrogen (secondary N) is 1. The van der Waals surface area contributed by atoms with Crippen LogP contribution in [0.4, 0.5) is 5.69 Å². The Hall–Kier alpha value is -2.83. The van der Waals surface area contributed by atoms with Crippen molar-refractivity contribution in [1.82, 2.24) is 15.1 Å². The largest absolute Gasteiger partial charge is 0.344 e. The number of hydrogen-bond acceptors (Lipinski definition) is 3. The summed E-state index contributed by atoms with van der Waals surface area (Å²) >= 11 is 12.0. The highest BCUT2D eigenvalue weighted by Gasteiger charge is 2.22. The lowest BCUT2D eigenvalue weighted by Gasteiger charge is -2.19. The molecule has 4 rings (SSSR count). The van der Waals surface area contributed by atoms with Crippen LogP contribution < -0.4 is 10.2 Å². The molecule has 0 saturated carbocycles. The van der Waals surface area contributed by atoms with E-state index in [9.17, 15) is 9.59 Å². The molecule has 1 aliphatic heterocycles. The van der Waals surface area contributed by atoms with Crippen molar-refractivity contribution in [2.45, 2.75) is 25.8 Å². The number of nitrogens with zero attached hydrogens (tertiary/aromatic N) is 3. The molecular formula is C22H20Cl2N4O2. The smallest absolute Gasteiger partial charge is 0.272 e. The minimum Gasteiger partial charge on any atom is -0.344 e. The first kappa shape index (κ1) is 20.4. The second-order valence-electron chi connectivity index (χ2n) is 7.18. The summed E-state index contributed by atoms with van der Waals surface area (Å²) < 4.78 is 1.57. The summed E-state index contributed by atoms with van der Waals surface area (Å²) in [6.07, 6.45) is 3.15. The molecule has 2 aromatic carbocycles. The van der Waals surface area contributed by atoms with Gasteiger partial charge in [-0.15, -0.1) is 0 Å². The molecule has 1 atom stereocenters. The average Bonchev–Trinajstić information content (AvgIpc) is 3.39. The fourth-order valence-electron chi connectivity index (χ4n) is 3.45. The van der Waals surface area contributed by atoms with Crippen molar-refractivity contribution in [3.63, 3.8) is 0 Å². The van der Waals surface area contributed by atoms with Crippen LogP contribution in [0, 0.1) is 0 Å². The van der Waals surface area contributed by atoms with Crippen molar-refractivity contribution in [2.24, 2.45) is 0 Å². The van der Waals surface area contributed by atoms with Crippen LogP contribution in [-0.4, -0.2) is 28.1 Å². The highest BCUT2D eigenvalue weighted by atomic mass is 35.5. The van der Waals surface area contributed by atoms with Crippen LogP contribution in [0.15, 0.2) is 54.7 Å². The third kappa shape index (κ3) is 4.20. The number of carbonyl (C=O) groups is 2. The predicted molar refractivity (Wildman–Crippen MR) is 117 cm³/mol. The van der Waals surface area contributed by atoms with E-state index in [0.717, 1.165) is 24.2 Å². The number of anilines is 1. The van der Waals surface area contributed by atoms with Gasteiger partial charge in [0.25, 0.3) is 5.91 Å². The lowest BCUT2D eigenvalue weighted by Crippen LogP contribution is -2.28. The van der Waals surface area contributed by atoms with Gasteiger partial charge in [-0.3, -0.25) is 9.59 Å². The molecule has 1 N–H and O–H groups in total. The minimum atomic E-state index is -0.288. The maximum atomic E-state index is 12.7. The third-order valence-corrected chi connectivity index (χ3v) is 5.83. The molecule has 0 radical (unpaired) electrons. The molecule has 154 valence electrons. The zero-order valence-electron chi connectivity index (χ0n) is 16.3. The quantitative estimate of drug-likeness (QED) is 0.616. The topological polar surface area (TPSA) is 67.2 Å². The number of hydrogen-bond donors (Lipinski definition) is 1. The van der Waals surface area contributed by atoms with Crippen LogP contribution in [-0.2, 0) is 4.79 Å². The summed E-state index contributed by atoms with van der Waals surface area (Å²) in [6.45, 7) is 2.63. The summed E-state index contributed by atoms with van der Waals surface area (Å²) in [6, 6.07) is 14.2. The van der Waals surface area contributed by atoms with Gasteiger partial charge in [0.05, 0.1) is 21.8 Å². The first-order chi connectivity index (χ1) is 14.4. The van der Waals surface area contributed by atoms with E-state index in [-0.39, 0.29) is 17.9 Å². The van der Waals surface area contributed by atoms with Gasteiger partial charge in [-0.05, 0) is 55.3 Å². The first-order valence-electron chi connectivity index (χ1n) is 9.64. The van der Waals surface area contributed by atoms with Gasteiger partial charge in [-0.25, -0.2) is 4.68 Å². The molecule has 1 aromatic heterocycles. The van der Waals surface area contributed by atoms with E-state index < -0.39 is 0 Å². The predicted octanol–water partition coefficient (Wildman–Crippen LogP) is 4.80. The Morgan fingerprint density at radius 1 is 1.10 bits per heavy atom. The van der Waals surface area contributed by atoms with Gasteiger partial charge in [-0.1, -0.05) is 35.3 Å². The summed E-state index contributed by atoms with van der Waals surface area (Å²) in [7, 11) is 0. The van der Waals surface area contributed by atoms with Crippen molar-refractivity contribution < 1.29 is 9.59 Å². The second kappa shape index (κ2) is 8.50. The van der Waals surface area contributed by atoms with Crippen LogP contribution in [0.5, 0.6) is 0 Å². The number of aromatic nitrogens is 2. The number of rotatable bonds is 5. The molecule has 3 aromatic rings. The van der Waals surface area contributed by atoms with Gasteiger partial charge < -0.3 is 10.2 Å². The van der Waals surface area contributed by atoms with E-state index in [2.05, 4.69) is 10.4 Å². The van der Waals surface area contributed by atoms with Gasteiger partial charge in [0.2, 0.25) is 5.91 Å². The van der Waals surface area contributed by atoms with E-state index in [4.69, 9.17) is 23.2 Å². The molecule has 1 aliphatic rings. The Morgan fingerprint density at radius 2 is 1.93 bits per heavy atom. The lowest BCUT2D eigenvalue weighted by atomic mass is 10.1. The zero-order chi connectivity index (χ0) is 21.3. The Morgan fingerprint density at radius 3 is 2.67 bits per heavy atom. The molecule has 30 heavy (non-hydrogen) atoms. The molecule has 0 spiro atoms. The Labute approximate surface area is 184 Å². The van der Waals surface area contributed by atoms with Gasteiger partial charge in [0.15, 0.2) is 5.69 Å². The van der Waals surface area contributed by atoms with Crippen LogP contribution in [0.1, 0.15) is 41.9 Å². The molecule has 1 fully saturated rings. The minimum absolute atomic E-state index is 0.136. The molecule has 8 heteroatoms. The number of amides is 2. The Kier molecular flexibility index (Phi) is 5.79. The van der Waals surface area contributed by atoms with Crippen molar-refractivity contribution in [2.75, 3.05) is 11.4 Å². The summed E-state index contributed by atoms with van der Waals surface area (Å²) in [5, 5.41) is 8.17. The summed E-state index contributed by atoms with van der Waals surface area (Å²) in [5.74, 6) is -0.152. The highest BCUT2D eigenvalue weighted by molar-refractivity contribution is 6.42. The SMILES string of the molecule is CC(NC(=O)c1ccn(-c2ccc(Cl)c(Cl)c2)n1)c1cccc(N2CCCC2=O)c1. The van der Waals surface area contributed by atoms with Crippen LogP contribution >= 0.6 is 23.2 Å². The van der Waals surface area contributed by atoms with Crippen LogP contribution in [0.3, 0.4) is 0 Å². The van der Waals surface area contributed by atoms with E-state index in [0.29, 0.717) is 27.8 Å². The molecule has 0 aliphatic carbocycles. The molecule has 6 nitrogen and oxygen atoms in total. The first-order valence-corrected chi connectivity index (χ1v) is 10.4. The second-order valence-corrected chi connectivity index (χ2v) is 8.00. The number of halogens is 2. The molecule has 2 amide bonds. The summed E-state index contributed by atoms with van der Waals surface area (Å²) in [4.78, 5) is 26.5. The van der Waals surface area contributed by atoms with Crippen molar-refractivity contribution in [1.29, 1.82) is 0 Å². The monoisotopic (exact) mass is 442 g/mol. The average molecular weight is 443 g/mol. The van der Waals surface area contributed by atoms with E-state index in [1.54, 1.807) is 40.0 Å². The Balaban J connectivity index is 1.47.